The molecule has 0 amide bonds. The van der Waals surface area contributed by atoms with Gasteiger partial charge in [-0.3, -0.25) is 0 Å². The van der Waals surface area contributed by atoms with Crippen molar-refractivity contribution in [1.82, 2.24) is 0 Å². The second kappa shape index (κ2) is 3.36. The zero-order valence-corrected chi connectivity index (χ0v) is 8.71. The molecule has 15 heavy (non-hydrogen) atoms. The number of carboxylic acids is 1. The predicted octanol–water partition coefficient (Wildman–Crippen LogP) is 1.65. The Kier molecular flexibility index (Phi) is 2.29. The second-order valence-electron chi connectivity index (χ2n) is 4.25. The molecule has 0 aromatic heterocycles. The molecule has 1 saturated carbocycles. The van der Waals surface area contributed by atoms with Crippen LogP contribution in [-0.2, 0) is 14.3 Å². The van der Waals surface area contributed by atoms with Gasteiger partial charge in [0.2, 0.25) is 0 Å². The molecule has 4 heteroatoms. The summed E-state index contributed by atoms with van der Waals surface area (Å²) in [6.07, 6.45) is 4.25. The van der Waals surface area contributed by atoms with Crippen LogP contribution in [0.3, 0.4) is 0 Å². The minimum Gasteiger partial charge on any atom is -0.478 e. The van der Waals surface area contributed by atoms with Crippen LogP contribution in [0.15, 0.2) is 11.1 Å². The highest BCUT2D eigenvalue weighted by molar-refractivity contribution is 6.04. The third-order valence-corrected chi connectivity index (χ3v) is 3.30. The van der Waals surface area contributed by atoms with Gasteiger partial charge in [-0.1, -0.05) is 6.42 Å². The van der Waals surface area contributed by atoms with E-state index in [4.69, 9.17) is 9.84 Å². The Morgan fingerprint density at radius 2 is 1.93 bits per heavy atom. The smallest absolute Gasteiger partial charge is 0.336 e. The molecule has 0 bridgehead atoms. The topological polar surface area (TPSA) is 63.6 Å². The van der Waals surface area contributed by atoms with E-state index in [2.05, 4.69) is 0 Å². The number of aliphatic carboxylic acids is 1. The summed E-state index contributed by atoms with van der Waals surface area (Å²) in [5, 5.41) is 9.13. The number of esters is 1. The van der Waals surface area contributed by atoms with Gasteiger partial charge in [-0.2, -0.15) is 0 Å². The standard InChI is InChI=1S/C11H14O4/c1-7-8(9(12)13)11(15-10(7)14)5-3-2-4-6-11/h2-6H2,1H3,(H,12,13). The van der Waals surface area contributed by atoms with Crippen molar-refractivity contribution in [3.63, 3.8) is 0 Å². The molecule has 0 atom stereocenters. The average Bonchev–Trinajstić information content (AvgIpc) is 2.40. The van der Waals surface area contributed by atoms with Gasteiger partial charge in [0.15, 0.2) is 0 Å². The SMILES string of the molecule is CC1=C(C(=O)O)C2(CCCCC2)OC1=O. The molecule has 0 radical (unpaired) electrons. The van der Waals surface area contributed by atoms with E-state index in [1.165, 1.54) is 6.92 Å². The van der Waals surface area contributed by atoms with E-state index in [1.807, 2.05) is 0 Å². The molecule has 0 saturated heterocycles. The maximum atomic E-state index is 11.4. The van der Waals surface area contributed by atoms with E-state index in [0.717, 1.165) is 19.3 Å². The third-order valence-electron chi connectivity index (χ3n) is 3.30. The Hall–Kier alpha value is -1.32. The van der Waals surface area contributed by atoms with Gasteiger partial charge in [0.1, 0.15) is 5.60 Å². The Bertz CT molecular complexity index is 348. The van der Waals surface area contributed by atoms with Crippen LogP contribution >= 0.6 is 0 Å². The van der Waals surface area contributed by atoms with Gasteiger partial charge in [-0.25, -0.2) is 9.59 Å². The molecular formula is C11H14O4. The monoisotopic (exact) mass is 210 g/mol. The van der Waals surface area contributed by atoms with E-state index >= 15 is 0 Å². The van der Waals surface area contributed by atoms with Crippen molar-refractivity contribution in [2.75, 3.05) is 0 Å². The van der Waals surface area contributed by atoms with Crippen LogP contribution in [0.1, 0.15) is 39.0 Å². The lowest BCUT2D eigenvalue weighted by atomic mass is 9.79. The summed E-state index contributed by atoms with van der Waals surface area (Å²) in [7, 11) is 0. The highest BCUT2D eigenvalue weighted by Crippen LogP contribution is 2.43. The first-order valence-corrected chi connectivity index (χ1v) is 5.25. The molecule has 82 valence electrons. The number of carbonyl (C=O) groups excluding carboxylic acids is 1. The Balaban J connectivity index is 2.41. The first kappa shape index (κ1) is 10.2. The Morgan fingerprint density at radius 1 is 1.33 bits per heavy atom. The van der Waals surface area contributed by atoms with Crippen molar-refractivity contribution < 1.29 is 19.4 Å². The summed E-state index contributed by atoms with van der Waals surface area (Å²) in [5.41, 5.74) is -0.359. The van der Waals surface area contributed by atoms with Gasteiger partial charge in [0.05, 0.1) is 5.57 Å². The average molecular weight is 210 g/mol. The van der Waals surface area contributed by atoms with Gasteiger partial charge in [-0.15, -0.1) is 0 Å². The predicted molar refractivity (Wildman–Crippen MR) is 52.2 cm³/mol. The van der Waals surface area contributed by atoms with E-state index in [-0.39, 0.29) is 11.1 Å². The number of hydrogen-bond acceptors (Lipinski definition) is 3. The molecule has 1 fully saturated rings. The van der Waals surface area contributed by atoms with Crippen LogP contribution in [0.25, 0.3) is 0 Å². The summed E-state index contributed by atoms with van der Waals surface area (Å²) < 4.78 is 5.28. The van der Waals surface area contributed by atoms with Crippen LogP contribution < -0.4 is 0 Å². The first-order valence-electron chi connectivity index (χ1n) is 5.25. The van der Waals surface area contributed by atoms with Crippen LogP contribution in [0.5, 0.6) is 0 Å². The Morgan fingerprint density at radius 3 is 2.47 bits per heavy atom. The minimum absolute atomic E-state index is 0.187. The molecule has 0 aromatic carbocycles. The van der Waals surface area contributed by atoms with Crippen molar-refractivity contribution in [3.05, 3.63) is 11.1 Å². The summed E-state index contributed by atoms with van der Waals surface area (Å²) >= 11 is 0. The van der Waals surface area contributed by atoms with Gasteiger partial charge in [0, 0.05) is 5.57 Å². The van der Waals surface area contributed by atoms with Crippen molar-refractivity contribution in [2.45, 2.75) is 44.6 Å². The first-order chi connectivity index (χ1) is 7.07. The molecule has 0 unspecified atom stereocenters. The molecule has 1 aliphatic carbocycles. The normalized spacial score (nSPS) is 24.5. The molecule has 1 spiro atoms. The van der Waals surface area contributed by atoms with Gasteiger partial charge in [0.25, 0.3) is 0 Å². The lowest BCUT2D eigenvalue weighted by Crippen LogP contribution is -2.37. The van der Waals surface area contributed by atoms with Gasteiger partial charge in [-0.05, 0) is 32.6 Å². The highest BCUT2D eigenvalue weighted by atomic mass is 16.6. The number of carbonyl (C=O) groups is 2. The highest BCUT2D eigenvalue weighted by Gasteiger charge is 2.49. The van der Waals surface area contributed by atoms with Crippen molar-refractivity contribution in [3.8, 4) is 0 Å². The molecule has 1 N–H and O–H groups in total. The van der Waals surface area contributed by atoms with Crippen LogP contribution in [0, 0.1) is 0 Å². The lowest BCUT2D eigenvalue weighted by Gasteiger charge is -2.32. The van der Waals surface area contributed by atoms with E-state index in [9.17, 15) is 9.59 Å². The largest absolute Gasteiger partial charge is 0.478 e. The summed E-state index contributed by atoms with van der Waals surface area (Å²) in [6, 6.07) is 0. The van der Waals surface area contributed by atoms with E-state index in [0.29, 0.717) is 12.8 Å². The van der Waals surface area contributed by atoms with Gasteiger partial charge < -0.3 is 9.84 Å². The van der Waals surface area contributed by atoms with Crippen LogP contribution in [0.2, 0.25) is 0 Å². The molecule has 0 aromatic rings. The van der Waals surface area contributed by atoms with Crippen molar-refractivity contribution in [1.29, 1.82) is 0 Å². The maximum absolute atomic E-state index is 11.4. The molecule has 1 heterocycles. The second-order valence-corrected chi connectivity index (χ2v) is 4.25. The zero-order valence-electron chi connectivity index (χ0n) is 8.71. The quantitative estimate of drug-likeness (QED) is 0.668. The summed E-state index contributed by atoms with van der Waals surface area (Å²) in [4.78, 5) is 22.6. The summed E-state index contributed by atoms with van der Waals surface area (Å²) in [5.74, 6) is -1.48. The fourth-order valence-electron chi connectivity index (χ4n) is 2.58. The number of carboxylic acid groups (broad SMARTS) is 1. The number of ether oxygens (including phenoxy) is 1. The number of rotatable bonds is 1. The molecule has 2 aliphatic rings. The fourth-order valence-corrected chi connectivity index (χ4v) is 2.58. The fraction of sp³-hybridized carbons (Fsp3) is 0.636. The molecule has 4 nitrogen and oxygen atoms in total. The molecule has 2 rings (SSSR count). The minimum atomic E-state index is -1.01. The van der Waals surface area contributed by atoms with Crippen LogP contribution in [-0.4, -0.2) is 22.6 Å². The summed E-state index contributed by atoms with van der Waals surface area (Å²) in [6.45, 7) is 1.54. The van der Waals surface area contributed by atoms with E-state index < -0.39 is 17.5 Å². The van der Waals surface area contributed by atoms with Gasteiger partial charge >= 0.3 is 11.9 Å². The van der Waals surface area contributed by atoms with Crippen LogP contribution in [0.4, 0.5) is 0 Å². The van der Waals surface area contributed by atoms with Crippen molar-refractivity contribution in [2.24, 2.45) is 0 Å². The van der Waals surface area contributed by atoms with E-state index in [1.54, 1.807) is 0 Å². The maximum Gasteiger partial charge on any atom is 0.336 e. The lowest BCUT2D eigenvalue weighted by molar-refractivity contribution is -0.150. The zero-order chi connectivity index (χ0) is 11.1. The number of hydrogen-bond donors (Lipinski definition) is 1. The third kappa shape index (κ3) is 1.44. The molecule has 1 aliphatic heterocycles. The molecular weight excluding hydrogens is 196 g/mol. The van der Waals surface area contributed by atoms with Crippen molar-refractivity contribution >= 4 is 11.9 Å². The Labute approximate surface area is 87.9 Å².